The minimum Gasteiger partial charge on any atom is -0.443 e. The van der Waals surface area contributed by atoms with E-state index < -0.39 is 0 Å². The summed E-state index contributed by atoms with van der Waals surface area (Å²) >= 11 is 0. The first-order valence-corrected chi connectivity index (χ1v) is 0.447. The molecule has 3 heteroatoms. The van der Waals surface area contributed by atoms with Crippen LogP contribution < -0.4 is 0 Å². The van der Waals surface area contributed by atoms with Gasteiger partial charge in [0.05, 0.1) is 0 Å². The Morgan fingerprint density at radius 1 is 1.75 bits per heavy atom. The van der Waals surface area contributed by atoms with Crippen molar-refractivity contribution in [1.29, 1.82) is 5.26 Å². The molecule has 0 bridgehead atoms. The van der Waals surface area contributed by atoms with Gasteiger partial charge >= 0.3 is 0 Å². The van der Waals surface area contributed by atoms with E-state index in [0.717, 1.165) is 6.26 Å². The fourth-order valence-corrected chi connectivity index (χ4v) is 0. The van der Waals surface area contributed by atoms with Gasteiger partial charge in [-0.05, 0) is 0 Å². The molecule has 0 atom stereocenters. The van der Waals surface area contributed by atoms with Gasteiger partial charge in [0, 0.05) is 17.1 Å². The monoisotopic (exact) mass is 123 g/mol. The molecule has 22 valence electrons. The molecule has 0 aliphatic carbocycles. The first kappa shape index (κ1) is 9.18. The molecule has 0 aromatic carbocycles. The second-order valence-electron chi connectivity index (χ2n) is 0.100. The molecule has 0 amide bonds. The van der Waals surface area contributed by atoms with Gasteiger partial charge in [-0.3, -0.25) is 0 Å². The van der Waals surface area contributed by atoms with Gasteiger partial charge in [-0.25, -0.2) is 0 Å². The molecule has 2 radical (unpaired) electrons. The summed E-state index contributed by atoms with van der Waals surface area (Å²) in [5, 5.41) is 13.8. The Bertz CT molecular complexity index is 29.5. The van der Waals surface area contributed by atoms with Crippen molar-refractivity contribution in [1.82, 2.24) is 0 Å². The second kappa shape index (κ2) is 14.0. The van der Waals surface area contributed by atoms with Crippen LogP contribution in [0.25, 0.3) is 0 Å². The summed E-state index contributed by atoms with van der Waals surface area (Å²) in [6.07, 6.45) is 0.750. The van der Waals surface area contributed by atoms with Crippen LogP contribution in [0.15, 0.2) is 0 Å². The van der Waals surface area contributed by atoms with Crippen molar-refractivity contribution in [2.45, 2.75) is 0 Å². The van der Waals surface area contributed by atoms with E-state index in [-0.39, 0.29) is 17.1 Å². The zero-order valence-electron chi connectivity index (χ0n) is 1.80. The number of rotatable bonds is 0. The number of hydrogen-bond acceptors (Lipinski definition) is 2. The summed E-state index contributed by atoms with van der Waals surface area (Å²) < 4.78 is 0. The van der Waals surface area contributed by atoms with E-state index in [4.69, 9.17) is 10.4 Å². The van der Waals surface area contributed by atoms with Crippen LogP contribution in [-0.4, -0.2) is 22.2 Å². The van der Waals surface area contributed by atoms with Crippen LogP contribution in [0.1, 0.15) is 0 Å². The van der Waals surface area contributed by atoms with Crippen LogP contribution in [-0.2, 0) is 0 Å². The Morgan fingerprint density at radius 3 is 1.75 bits per heavy atom. The first-order valence-electron chi connectivity index (χ1n) is 0.447. The third kappa shape index (κ3) is 32.7. The van der Waals surface area contributed by atoms with Crippen molar-refractivity contribution in [3.05, 3.63) is 0 Å². The molecule has 0 rings (SSSR count). The molecular weight excluding hydrogens is 121 g/mol. The van der Waals surface area contributed by atoms with Crippen LogP contribution in [0.4, 0.5) is 0 Å². The first-order chi connectivity index (χ1) is 1.41. The largest absolute Gasteiger partial charge is 0.443 e. The maximum absolute atomic E-state index is 6.88. The van der Waals surface area contributed by atoms with Crippen molar-refractivity contribution in [2.75, 3.05) is 0 Å². The predicted molar refractivity (Wildman–Crippen MR) is 13.3 cm³/mol. The van der Waals surface area contributed by atoms with E-state index >= 15 is 0 Å². The number of aliphatic hydroxyl groups is 1. The Labute approximate surface area is 34.5 Å². The van der Waals surface area contributed by atoms with E-state index in [1.54, 1.807) is 0 Å². The van der Waals surface area contributed by atoms with Gasteiger partial charge in [0.2, 0.25) is 0 Å². The van der Waals surface area contributed by atoms with Crippen LogP contribution in [0.2, 0.25) is 0 Å². The normalized spacial score (nSPS) is 1.75. The number of nitrogens with zero attached hydrogens (tertiary/aromatic N) is 1. The van der Waals surface area contributed by atoms with Gasteiger partial charge in [0.25, 0.3) is 6.26 Å². The van der Waals surface area contributed by atoms with Crippen LogP contribution in [0.5, 0.6) is 0 Å². The predicted octanol–water partition coefficient (Wildman–Crippen LogP) is -0.541. The Morgan fingerprint density at radius 2 is 1.75 bits per heavy atom. The van der Waals surface area contributed by atoms with Gasteiger partial charge < -0.3 is 5.11 Å². The average molecular weight is 122 g/mol. The Balaban J connectivity index is 0. The van der Waals surface area contributed by atoms with E-state index in [0.29, 0.717) is 0 Å². The van der Waals surface area contributed by atoms with Crippen LogP contribution in [0.3, 0.4) is 0 Å². The SMILES string of the molecule is N#CO.[Se]. The zero-order valence-corrected chi connectivity index (χ0v) is 3.52. The molecular formula is CHNOSe. The third-order valence-corrected chi connectivity index (χ3v) is 0. The van der Waals surface area contributed by atoms with E-state index in [1.807, 2.05) is 0 Å². The van der Waals surface area contributed by atoms with Gasteiger partial charge in [-0.2, -0.15) is 5.26 Å². The van der Waals surface area contributed by atoms with E-state index in [9.17, 15) is 0 Å². The quantitative estimate of drug-likeness (QED) is 0.346. The molecule has 0 heterocycles. The minimum atomic E-state index is 0. The average Bonchev–Trinajstić information content (AvgIpc) is 0.918. The number of nitriles is 1. The van der Waals surface area contributed by atoms with Crippen molar-refractivity contribution < 1.29 is 5.11 Å². The van der Waals surface area contributed by atoms with Crippen molar-refractivity contribution >= 4 is 17.1 Å². The Kier molecular flexibility index (Phi) is 32.2. The smallest absolute Gasteiger partial charge is 0.283 e. The fraction of sp³-hybridized carbons (Fsp3) is 0. The van der Waals surface area contributed by atoms with Crippen LogP contribution in [0, 0.1) is 11.5 Å². The maximum atomic E-state index is 6.88. The van der Waals surface area contributed by atoms with E-state index in [1.165, 1.54) is 0 Å². The topological polar surface area (TPSA) is 44.0 Å². The molecule has 0 spiro atoms. The molecule has 0 unspecified atom stereocenters. The molecule has 0 aromatic heterocycles. The van der Waals surface area contributed by atoms with Gasteiger partial charge in [0.1, 0.15) is 0 Å². The summed E-state index contributed by atoms with van der Waals surface area (Å²) in [6.45, 7) is 0. The second-order valence-corrected chi connectivity index (χ2v) is 0.100. The van der Waals surface area contributed by atoms with Crippen molar-refractivity contribution in [3.63, 3.8) is 0 Å². The molecule has 0 aromatic rings. The summed E-state index contributed by atoms with van der Waals surface area (Å²) in [6, 6.07) is 0. The zero-order chi connectivity index (χ0) is 2.71. The van der Waals surface area contributed by atoms with Crippen LogP contribution >= 0.6 is 0 Å². The molecule has 2 nitrogen and oxygen atoms in total. The number of aliphatic hydroxyl groups excluding tert-OH is 1. The van der Waals surface area contributed by atoms with Gasteiger partial charge in [-0.1, -0.05) is 0 Å². The molecule has 4 heavy (non-hydrogen) atoms. The summed E-state index contributed by atoms with van der Waals surface area (Å²) in [4.78, 5) is 0. The third-order valence-electron chi connectivity index (χ3n) is 0. The van der Waals surface area contributed by atoms with Crippen molar-refractivity contribution in [3.8, 4) is 6.26 Å². The molecule has 1 N–H and O–H groups in total. The van der Waals surface area contributed by atoms with Gasteiger partial charge in [-0.15, -0.1) is 0 Å². The fourth-order valence-electron chi connectivity index (χ4n) is 0. The van der Waals surface area contributed by atoms with Gasteiger partial charge in [0.15, 0.2) is 0 Å². The molecule has 0 fully saturated rings. The summed E-state index contributed by atoms with van der Waals surface area (Å²) in [5.41, 5.74) is 0. The maximum Gasteiger partial charge on any atom is 0.283 e. The summed E-state index contributed by atoms with van der Waals surface area (Å²) in [5.74, 6) is 0. The Hall–Kier alpha value is -0.191. The molecule has 0 saturated carbocycles. The number of hydrogen-bond donors (Lipinski definition) is 1. The molecule has 0 aliphatic rings. The summed E-state index contributed by atoms with van der Waals surface area (Å²) in [7, 11) is 0. The van der Waals surface area contributed by atoms with E-state index in [2.05, 4.69) is 0 Å². The molecule has 0 saturated heterocycles. The van der Waals surface area contributed by atoms with Crippen molar-refractivity contribution in [2.24, 2.45) is 0 Å². The molecule has 0 aliphatic heterocycles. The minimum absolute atomic E-state index is 0. The standard InChI is InChI=1S/CHNO.Se/c2-1-3;/h3H;.